The number of rotatable bonds is 5. The molecule has 3 amide bonds. The number of likely N-dealkylation sites (tertiary alicyclic amines) is 1. The fourth-order valence-corrected chi connectivity index (χ4v) is 4.52. The molecule has 2 heterocycles. The van der Waals surface area contributed by atoms with Gasteiger partial charge in [-0.05, 0) is 62.7 Å². The first-order valence-corrected chi connectivity index (χ1v) is 11.4. The van der Waals surface area contributed by atoms with E-state index in [4.69, 9.17) is 0 Å². The van der Waals surface area contributed by atoms with Crippen LogP contribution >= 0.6 is 0 Å². The lowest BCUT2D eigenvalue weighted by atomic mass is 9.95. The van der Waals surface area contributed by atoms with Gasteiger partial charge in [-0.1, -0.05) is 24.3 Å². The van der Waals surface area contributed by atoms with Crippen LogP contribution in [0.2, 0.25) is 0 Å². The highest BCUT2D eigenvalue weighted by atomic mass is 19.1. The van der Waals surface area contributed by atoms with E-state index in [0.29, 0.717) is 38.2 Å². The van der Waals surface area contributed by atoms with Crippen molar-refractivity contribution in [2.75, 3.05) is 29.9 Å². The molecule has 0 aliphatic carbocycles. The van der Waals surface area contributed by atoms with Gasteiger partial charge in [-0.25, -0.2) is 4.39 Å². The highest BCUT2D eigenvalue weighted by molar-refractivity contribution is 6.04. The minimum Gasteiger partial charge on any atom is -0.352 e. The summed E-state index contributed by atoms with van der Waals surface area (Å²) in [6, 6.07) is 13.2. The van der Waals surface area contributed by atoms with Crippen molar-refractivity contribution < 1.29 is 18.8 Å². The maximum Gasteiger partial charge on any atom is 0.241 e. The first-order valence-electron chi connectivity index (χ1n) is 11.4. The van der Waals surface area contributed by atoms with Crippen LogP contribution in [0.15, 0.2) is 48.5 Å². The molecule has 0 radical (unpaired) electrons. The Morgan fingerprint density at radius 2 is 1.79 bits per heavy atom. The number of amides is 3. The fourth-order valence-electron chi connectivity index (χ4n) is 4.52. The molecule has 1 atom stereocenters. The number of nitrogens with zero attached hydrogens (tertiary/aromatic N) is 2. The molecule has 2 aromatic carbocycles. The van der Waals surface area contributed by atoms with E-state index in [1.807, 2.05) is 31.2 Å². The van der Waals surface area contributed by atoms with Crippen LogP contribution in [0.25, 0.3) is 0 Å². The summed E-state index contributed by atoms with van der Waals surface area (Å²) in [5, 5.41) is 5.81. The van der Waals surface area contributed by atoms with Crippen molar-refractivity contribution >= 4 is 29.1 Å². The normalized spacial score (nSPS) is 19.4. The molecule has 2 aliphatic rings. The maximum absolute atomic E-state index is 13.2. The molecule has 7 nitrogen and oxygen atoms in total. The number of anilines is 2. The quantitative estimate of drug-likeness (QED) is 0.731. The van der Waals surface area contributed by atoms with Crippen molar-refractivity contribution in [2.24, 2.45) is 5.92 Å². The second-order valence-electron chi connectivity index (χ2n) is 8.78. The van der Waals surface area contributed by atoms with Crippen molar-refractivity contribution in [1.29, 1.82) is 0 Å². The van der Waals surface area contributed by atoms with Gasteiger partial charge >= 0.3 is 0 Å². The third-order valence-corrected chi connectivity index (χ3v) is 6.33. The number of piperidine rings is 1. The molecule has 8 heteroatoms. The molecule has 0 bridgehead atoms. The van der Waals surface area contributed by atoms with E-state index in [9.17, 15) is 18.8 Å². The zero-order valence-electron chi connectivity index (χ0n) is 18.7. The molecule has 2 aliphatic heterocycles. The van der Waals surface area contributed by atoms with Crippen molar-refractivity contribution in [3.8, 4) is 0 Å². The molecule has 0 saturated carbocycles. The Bertz CT molecular complexity index is 1020. The van der Waals surface area contributed by atoms with E-state index in [1.165, 1.54) is 12.1 Å². The molecule has 1 unspecified atom stereocenters. The Morgan fingerprint density at radius 1 is 1.09 bits per heavy atom. The van der Waals surface area contributed by atoms with E-state index >= 15 is 0 Å². The molecule has 33 heavy (non-hydrogen) atoms. The lowest BCUT2D eigenvalue weighted by Crippen LogP contribution is -2.48. The monoisotopic (exact) mass is 452 g/mol. The van der Waals surface area contributed by atoms with Gasteiger partial charge < -0.3 is 15.5 Å². The van der Waals surface area contributed by atoms with Gasteiger partial charge in [0.1, 0.15) is 5.82 Å². The summed E-state index contributed by atoms with van der Waals surface area (Å²) in [5.41, 5.74) is 2.22. The number of benzene rings is 2. The Labute approximate surface area is 192 Å². The van der Waals surface area contributed by atoms with E-state index in [1.54, 1.807) is 17.0 Å². The smallest absolute Gasteiger partial charge is 0.241 e. The maximum atomic E-state index is 13.2. The number of hydrogen-bond acceptors (Lipinski definition) is 4. The van der Waals surface area contributed by atoms with E-state index < -0.39 is 0 Å². The fraction of sp³-hybridized carbons (Fsp3) is 0.400. The predicted molar refractivity (Wildman–Crippen MR) is 124 cm³/mol. The predicted octanol–water partition coefficient (Wildman–Crippen LogP) is 2.92. The highest BCUT2D eigenvalue weighted by Gasteiger charge is 2.32. The van der Waals surface area contributed by atoms with Crippen LogP contribution in [0, 0.1) is 11.7 Å². The van der Waals surface area contributed by atoms with Crippen LogP contribution < -0.4 is 15.5 Å². The average Bonchev–Trinajstić information content (AvgIpc) is 2.93. The van der Waals surface area contributed by atoms with E-state index in [0.717, 1.165) is 11.3 Å². The van der Waals surface area contributed by atoms with Gasteiger partial charge in [0.15, 0.2) is 0 Å². The Hall–Kier alpha value is -3.26. The van der Waals surface area contributed by atoms with E-state index in [2.05, 4.69) is 15.5 Å². The van der Waals surface area contributed by atoms with Gasteiger partial charge in [0.05, 0.1) is 17.9 Å². The molecule has 1 fully saturated rings. The summed E-state index contributed by atoms with van der Waals surface area (Å²) >= 11 is 0. The summed E-state index contributed by atoms with van der Waals surface area (Å²) in [7, 11) is 0. The van der Waals surface area contributed by atoms with Crippen molar-refractivity contribution in [1.82, 2.24) is 10.2 Å². The molecule has 2 N–H and O–H groups in total. The highest BCUT2D eigenvalue weighted by Crippen LogP contribution is 2.31. The summed E-state index contributed by atoms with van der Waals surface area (Å²) in [6.07, 6.45) is 1.60. The van der Waals surface area contributed by atoms with Crippen LogP contribution in [0.3, 0.4) is 0 Å². The molecular weight excluding hydrogens is 423 g/mol. The Kier molecular flexibility index (Phi) is 7.03. The number of nitrogens with one attached hydrogen (secondary N) is 2. The second-order valence-corrected chi connectivity index (χ2v) is 8.78. The van der Waals surface area contributed by atoms with Gasteiger partial charge in [0.25, 0.3) is 0 Å². The number of para-hydroxylation sites is 2. The summed E-state index contributed by atoms with van der Waals surface area (Å²) in [4.78, 5) is 41.7. The van der Waals surface area contributed by atoms with Gasteiger partial charge in [-0.2, -0.15) is 0 Å². The standard InChI is InChI=1S/C25H29FN4O3/c1-17-14-23(31)28-21-4-2-3-5-22(21)30(17)24(32)16-29-12-10-19(11-13-29)25(33)27-15-18-6-8-20(26)9-7-18/h2-9,17,19H,10-16H2,1H3,(H,27,33)(H,28,31). The van der Waals surface area contributed by atoms with Crippen LogP contribution in [0.4, 0.5) is 15.8 Å². The number of fused-ring (bicyclic) bond motifs is 1. The largest absolute Gasteiger partial charge is 0.352 e. The third-order valence-electron chi connectivity index (χ3n) is 6.33. The molecule has 0 aromatic heterocycles. The molecule has 0 spiro atoms. The minimum atomic E-state index is -0.298. The first kappa shape index (κ1) is 22.9. The first-order chi connectivity index (χ1) is 15.9. The van der Waals surface area contributed by atoms with Crippen molar-refractivity contribution in [3.63, 3.8) is 0 Å². The summed E-state index contributed by atoms with van der Waals surface area (Å²) in [5.74, 6) is -0.558. The number of halogens is 1. The van der Waals surface area contributed by atoms with Gasteiger partial charge in [-0.3, -0.25) is 19.3 Å². The summed E-state index contributed by atoms with van der Waals surface area (Å²) in [6.45, 7) is 3.81. The zero-order valence-corrected chi connectivity index (χ0v) is 18.7. The van der Waals surface area contributed by atoms with E-state index in [-0.39, 0.29) is 48.5 Å². The third kappa shape index (κ3) is 5.57. The molecule has 1 saturated heterocycles. The molecule has 4 rings (SSSR count). The van der Waals surface area contributed by atoms with Gasteiger partial charge in [0, 0.05) is 24.9 Å². The van der Waals surface area contributed by atoms with Crippen molar-refractivity contribution in [2.45, 2.75) is 38.8 Å². The lowest BCUT2D eigenvalue weighted by molar-refractivity contribution is -0.126. The van der Waals surface area contributed by atoms with Crippen LogP contribution in [0.1, 0.15) is 31.7 Å². The topological polar surface area (TPSA) is 81.8 Å². The zero-order chi connectivity index (χ0) is 23.4. The lowest BCUT2D eigenvalue weighted by Gasteiger charge is -2.34. The summed E-state index contributed by atoms with van der Waals surface area (Å²) < 4.78 is 13.0. The van der Waals surface area contributed by atoms with Crippen LogP contribution in [-0.2, 0) is 20.9 Å². The van der Waals surface area contributed by atoms with Crippen LogP contribution in [-0.4, -0.2) is 48.3 Å². The average molecular weight is 453 g/mol. The number of carbonyl (C=O) groups is 3. The Morgan fingerprint density at radius 3 is 2.52 bits per heavy atom. The van der Waals surface area contributed by atoms with Gasteiger partial charge in [-0.15, -0.1) is 0 Å². The Balaban J connectivity index is 1.30. The second kappa shape index (κ2) is 10.1. The molecular formula is C25H29FN4O3. The molecule has 2 aromatic rings. The minimum absolute atomic E-state index is 0.00930. The van der Waals surface area contributed by atoms with Crippen LogP contribution in [0.5, 0.6) is 0 Å². The van der Waals surface area contributed by atoms with Gasteiger partial charge in [0.2, 0.25) is 17.7 Å². The number of hydrogen-bond donors (Lipinski definition) is 2. The SMILES string of the molecule is CC1CC(=O)Nc2ccccc2N1C(=O)CN1CCC(C(=O)NCc2ccc(F)cc2)CC1. The number of carbonyl (C=O) groups excluding carboxylic acids is 3. The van der Waals surface area contributed by atoms with Crippen molar-refractivity contribution in [3.05, 3.63) is 59.9 Å². The molecule has 174 valence electrons.